The first-order valence-corrected chi connectivity index (χ1v) is 4.22. The van der Waals surface area contributed by atoms with Gasteiger partial charge in [0, 0.05) is 11.4 Å². The number of nitrogens with zero attached hydrogens (tertiary/aromatic N) is 1. The van der Waals surface area contributed by atoms with E-state index in [9.17, 15) is 0 Å². The molecule has 3 nitrogen and oxygen atoms in total. The quantitative estimate of drug-likeness (QED) is 0.417. The summed E-state index contributed by atoms with van der Waals surface area (Å²) in [4.78, 5) is 4.35. The summed E-state index contributed by atoms with van der Waals surface area (Å²) in [7, 11) is 0. The van der Waals surface area contributed by atoms with Crippen molar-refractivity contribution >= 4 is 0 Å². The van der Waals surface area contributed by atoms with Crippen molar-refractivity contribution in [3.63, 3.8) is 0 Å². The van der Waals surface area contributed by atoms with Crippen LogP contribution in [0, 0.1) is 13.8 Å². The second-order valence-corrected chi connectivity index (χ2v) is 3.01. The van der Waals surface area contributed by atoms with Gasteiger partial charge >= 0.3 is 0 Å². The highest BCUT2D eigenvalue weighted by Crippen LogP contribution is 2.16. The molecule has 0 saturated heterocycles. The van der Waals surface area contributed by atoms with E-state index in [4.69, 9.17) is 5.84 Å². The molecule has 13 heavy (non-hydrogen) atoms. The van der Waals surface area contributed by atoms with Crippen molar-refractivity contribution in [3.8, 4) is 0 Å². The summed E-state index contributed by atoms with van der Waals surface area (Å²) in [5.41, 5.74) is 5.75. The standard InChI is InChI=1S/C10H15N3/c1-4-10(13-11)9-6-5-7(2)12-8(9)3/h4-6,10,13H,1,11H2,2-3H3. The molecule has 1 aromatic heterocycles. The Hall–Kier alpha value is -1.19. The molecule has 0 bridgehead atoms. The number of hydrazine groups is 1. The van der Waals surface area contributed by atoms with Crippen molar-refractivity contribution in [1.29, 1.82) is 0 Å². The van der Waals surface area contributed by atoms with Crippen LogP contribution < -0.4 is 11.3 Å². The smallest absolute Gasteiger partial charge is 0.0655 e. The SMILES string of the molecule is C=CC(NN)c1ccc(C)nc1C. The Kier molecular flexibility index (Phi) is 3.17. The summed E-state index contributed by atoms with van der Waals surface area (Å²) in [5.74, 6) is 5.37. The fourth-order valence-electron chi connectivity index (χ4n) is 1.31. The highest BCUT2D eigenvalue weighted by molar-refractivity contribution is 5.27. The summed E-state index contributed by atoms with van der Waals surface area (Å²) in [6, 6.07) is 3.97. The second kappa shape index (κ2) is 4.16. The van der Waals surface area contributed by atoms with Crippen LogP contribution in [0.3, 0.4) is 0 Å². The fraction of sp³-hybridized carbons (Fsp3) is 0.300. The maximum atomic E-state index is 5.37. The number of hydrogen-bond acceptors (Lipinski definition) is 3. The van der Waals surface area contributed by atoms with Crippen LogP contribution in [-0.2, 0) is 0 Å². The van der Waals surface area contributed by atoms with E-state index in [-0.39, 0.29) is 6.04 Å². The molecule has 0 radical (unpaired) electrons. The van der Waals surface area contributed by atoms with Gasteiger partial charge < -0.3 is 0 Å². The van der Waals surface area contributed by atoms with Crippen molar-refractivity contribution in [2.75, 3.05) is 0 Å². The Labute approximate surface area is 78.6 Å². The maximum Gasteiger partial charge on any atom is 0.0655 e. The molecular weight excluding hydrogens is 162 g/mol. The number of rotatable bonds is 3. The lowest BCUT2D eigenvalue weighted by molar-refractivity contribution is 0.649. The van der Waals surface area contributed by atoms with Crippen LogP contribution >= 0.6 is 0 Å². The van der Waals surface area contributed by atoms with Crippen LogP contribution in [0.4, 0.5) is 0 Å². The third-order valence-corrected chi connectivity index (χ3v) is 2.02. The first-order chi connectivity index (χ1) is 6.19. The Morgan fingerprint density at radius 1 is 1.54 bits per heavy atom. The monoisotopic (exact) mass is 177 g/mol. The molecule has 3 heteroatoms. The van der Waals surface area contributed by atoms with E-state index >= 15 is 0 Å². The van der Waals surface area contributed by atoms with Gasteiger partial charge in [-0.25, -0.2) is 5.43 Å². The molecule has 0 aliphatic heterocycles. The molecule has 1 unspecified atom stereocenters. The average molecular weight is 177 g/mol. The van der Waals surface area contributed by atoms with Gasteiger partial charge in [-0.15, -0.1) is 6.58 Å². The van der Waals surface area contributed by atoms with Gasteiger partial charge in [-0.2, -0.15) is 0 Å². The predicted molar refractivity (Wildman–Crippen MR) is 54.0 cm³/mol. The van der Waals surface area contributed by atoms with Gasteiger partial charge in [-0.05, 0) is 25.5 Å². The number of aromatic nitrogens is 1. The first kappa shape index (κ1) is 9.89. The van der Waals surface area contributed by atoms with E-state index in [2.05, 4.69) is 17.0 Å². The van der Waals surface area contributed by atoms with Crippen LogP contribution in [0.1, 0.15) is 23.0 Å². The molecule has 0 aliphatic rings. The van der Waals surface area contributed by atoms with Crippen molar-refractivity contribution in [3.05, 3.63) is 41.7 Å². The molecule has 70 valence electrons. The van der Waals surface area contributed by atoms with E-state index in [1.807, 2.05) is 26.0 Å². The molecule has 0 fully saturated rings. The van der Waals surface area contributed by atoms with Crippen LogP contribution in [0.5, 0.6) is 0 Å². The molecule has 1 heterocycles. The lowest BCUT2D eigenvalue weighted by atomic mass is 10.1. The molecular formula is C10H15N3. The van der Waals surface area contributed by atoms with Gasteiger partial charge in [0.15, 0.2) is 0 Å². The molecule has 0 saturated carbocycles. The van der Waals surface area contributed by atoms with E-state index in [0.29, 0.717) is 0 Å². The zero-order chi connectivity index (χ0) is 9.84. The van der Waals surface area contributed by atoms with E-state index in [0.717, 1.165) is 17.0 Å². The predicted octanol–water partition coefficient (Wildman–Crippen LogP) is 1.39. The largest absolute Gasteiger partial charge is 0.271 e. The minimum atomic E-state index is -0.0203. The van der Waals surface area contributed by atoms with E-state index in [1.165, 1.54) is 0 Å². The molecule has 1 atom stereocenters. The molecule has 1 aromatic rings. The molecule has 0 aliphatic carbocycles. The lowest BCUT2D eigenvalue weighted by Crippen LogP contribution is -2.27. The lowest BCUT2D eigenvalue weighted by Gasteiger charge is -2.13. The number of hydrogen-bond donors (Lipinski definition) is 2. The molecule has 3 N–H and O–H groups in total. The topological polar surface area (TPSA) is 50.9 Å². The van der Waals surface area contributed by atoms with Gasteiger partial charge in [0.2, 0.25) is 0 Å². The Bertz CT molecular complexity index is 307. The van der Waals surface area contributed by atoms with E-state index < -0.39 is 0 Å². The van der Waals surface area contributed by atoms with Crippen molar-refractivity contribution < 1.29 is 0 Å². The average Bonchev–Trinajstić information content (AvgIpc) is 2.10. The second-order valence-electron chi connectivity index (χ2n) is 3.01. The summed E-state index contributed by atoms with van der Waals surface area (Å²) < 4.78 is 0. The van der Waals surface area contributed by atoms with Crippen LogP contribution in [-0.4, -0.2) is 4.98 Å². The minimum absolute atomic E-state index is 0.0203. The van der Waals surface area contributed by atoms with Crippen LogP contribution in [0.15, 0.2) is 24.8 Å². The fourth-order valence-corrected chi connectivity index (χ4v) is 1.31. The molecule has 0 spiro atoms. The zero-order valence-corrected chi connectivity index (χ0v) is 8.04. The van der Waals surface area contributed by atoms with Crippen LogP contribution in [0.25, 0.3) is 0 Å². The molecule has 0 aromatic carbocycles. The first-order valence-electron chi connectivity index (χ1n) is 4.22. The third-order valence-electron chi connectivity index (χ3n) is 2.02. The third kappa shape index (κ3) is 2.14. The van der Waals surface area contributed by atoms with Gasteiger partial charge in [-0.3, -0.25) is 10.8 Å². The normalized spacial score (nSPS) is 12.5. The summed E-state index contributed by atoms with van der Waals surface area (Å²) in [5, 5.41) is 0. The summed E-state index contributed by atoms with van der Waals surface area (Å²) in [6.07, 6.45) is 1.76. The summed E-state index contributed by atoms with van der Waals surface area (Å²) >= 11 is 0. The number of nitrogens with two attached hydrogens (primary N) is 1. The highest BCUT2D eigenvalue weighted by atomic mass is 15.2. The maximum absolute atomic E-state index is 5.37. The van der Waals surface area contributed by atoms with Crippen molar-refractivity contribution in [1.82, 2.24) is 10.4 Å². The summed E-state index contributed by atoms with van der Waals surface area (Å²) in [6.45, 7) is 7.64. The van der Waals surface area contributed by atoms with Gasteiger partial charge in [-0.1, -0.05) is 12.1 Å². The van der Waals surface area contributed by atoms with Gasteiger partial charge in [0.25, 0.3) is 0 Å². The van der Waals surface area contributed by atoms with Crippen molar-refractivity contribution in [2.45, 2.75) is 19.9 Å². The Morgan fingerprint density at radius 3 is 2.69 bits per heavy atom. The zero-order valence-electron chi connectivity index (χ0n) is 8.04. The van der Waals surface area contributed by atoms with E-state index in [1.54, 1.807) is 6.08 Å². The Morgan fingerprint density at radius 2 is 2.23 bits per heavy atom. The Balaban J connectivity index is 3.06. The van der Waals surface area contributed by atoms with Crippen molar-refractivity contribution in [2.24, 2.45) is 5.84 Å². The van der Waals surface area contributed by atoms with Gasteiger partial charge in [0.1, 0.15) is 0 Å². The highest BCUT2D eigenvalue weighted by Gasteiger charge is 2.08. The molecule has 1 rings (SSSR count). The van der Waals surface area contributed by atoms with Crippen LogP contribution in [0.2, 0.25) is 0 Å². The number of pyridine rings is 1. The van der Waals surface area contributed by atoms with Gasteiger partial charge in [0.05, 0.1) is 6.04 Å². The minimum Gasteiger partial charge on any atom is -0.271 e. The number of aryl methyl sites for hydroxylation is 2. The molecule has 0 amide bonds. The number of nitrogens with one attached hydrogen (secondary N) is 1.